The molecule has 254 valence electrons. The van der Waals surface area contributed by atoms with Gasteiger partial charge in [0, 0.05) is 45.3 Å². The third-order valence-corrected chi connectivity index (χ3v) is 8.37. The van der Waals surface area contributed by atoms with E-state index in [-0.39, 0.29) is 46.6 Å². The highest BCUT2D eigenvalue weighted by atomic mass is 16.6. The number of methoxy groups -OCH3 is 2. The third kappa shape index (κ3) is 8.07. The maximum Gasteiger partial charge on any atom is 0.410 e. The van der Waals surface area contributed by atoms with E-state index in [1.54, 1.807) is 17.0 Å². The Morgan fingerprint density at radius 2 is 1.70 bits per heavy atom. The highest BCUT2D eigenvalue weighted by molar-refractivity contribution is 6.03. The van der Waals surface area contributed by atoms with Crippen LogP contribution >= 0.6 is 0 Å². The lowest BCUT2D eigenvalue weighted by Gasteiger charge is -2.35. The molecule has 0 radical (unpaired) electrons. The number of hydrogen-bond donors (Lipinski definition) is 2. The van der Waals surface area contributed by atoms with Crippen LogP contribution in [0.15, 0.2) is 28.7 Å². The Labute approximate surface area is 275 Å². The number of piperazine rings is 1. The lowest BCUT2D eigenvalue weighted by molar-refractivity contribution is 0.0148. The van der Waals surface area contributed by atoms with Crippen LogP contribution in [0.5, 0.6) is 23.5 Å². The number of rotatable bonds is 10. The van der Waals surface area contributed by atoms with Crippen molar-refractivity contribution in [1.82, 2.24) is 19.8 Å². The van der Waals surface area contributed by atoms with Crippen molar-refractivity contribution in [2.75, 3.05) is 64.1 Å². The van der Waals surface area contributed by atoms with Gasteiger partial charge in [-0.3, -0.25) is 9.69 Å². The number of nitrogens with zero attached hydrogens (tertiary/aromatic N) is 4. The zero-order chi connectivity index (χ0) is 33.9. The molecule has 0 saturated carbocycles. The smallest absolute Gasteiger partial charge is 0.410 e. The number of aryl methyl sites for hydroxylation is 2. The molecule has 1 fully saturated rings. The number of aromatic nitrogens is 2. The predicted molar refractivity (Wildman–Crippen MR) is 177 cm³/mol. The SMILES string of the molecule is COc1nc(NCCN2CCN(C(=O)OC(C)(C)C)CC2)nc(OC)c1NC(=O)c1ccc(Oc2cc3c(cc2C)CCC3(C)C)o1. The second kappa shape index (κ2) is 13.7. The van der Waals surface area contributed by atoms with Gasteiger partial charge in [-0.2, -0.15) is 9.97 Å². The van der Waals surface area contributed by atoms with Crippen molar-refractivity contribution < 1.29 is 33.0 Å². The topological polar surface area (TPSA) is 141 Å². The van der Waals surface area contributed by atoms with Crippen LogP contribution in [-0.2, 0) is 16.6 Å². The van der Waals surface area contributed by atoms with Gasteiger partial charge in [-0.15, -0.1) is 0 Å². The number of ether oxygens (including phenoxy) is 4. The van der Waals surface area contributed by atoms with Crippen molar-refractivity contribution in [1.29, 1.82) is 0 Å². The van der Waals surface area contributed by atoms with Gasteiger partial charge in [0.1, 0.15) is 11.4 Å². The second-order valence-corrected chi connectivity index (χ2v) is 13.5. The summed E-state index contributed by atoms with van der Waals surface area (Å²) in [6.45, 7) is 16.0. The summed E-state index contributed by atoms with van der Waals surface area (Å²) in [7, 11) is 2.90. The highest BCUT2D eigenvalue weighted by Crippen LogP contribution is 2.42. The molecule has 0 unspecified atom stereocenters. The molecule has 1 aromatic carbocycles. The first-order chi connectivity index (χ1) is 22.3. The van der Waals surface area contributed by atoms with E-state index in [4.69, 9.17) is 23.4 Å². The number of carbonyl (C=O) groups is 2. The summed E-state index contributed by atoms with van der Waals surface area (Å²) in [5.41, 5.74) is 3.36. The average Bonchev–Trinajstić information content (AvgIpc) is 3.60. The van der Waals surface area contributed by atoms with Gasteiger partial charge >= 0.3 is 6.09 Å². The molecule has 1 aliphatic carbocycles. The summed E-state index contributed by atoms with van der Waals surface area (Å²) >= 11 is 0. The maximum atomic E-state index is 13.2. The van der Waals surface area contributed by atoms with Crippen LogP contribution in [0.1, 0.15) is 68.3 Å². The largest absolute Gasteiger partial charge is 0.479 e. The van der Waals surface area contributed by atoms with Crippen LogP contribution in [0.3, 0.4) is 0 Å². The van der Waals surface area contributed by atoms with Gasteiger partial charge in [-0.25, -0.2) is 4.79 Å². The molecule has 3 aromatic rings. The summed E-state index contributed by atoms with van der Waals surface area (Å²) in [4.78, 5) is 38.4. The summed E-state index contributed by atoms with van der Waals surface area (Å²) in [5.74, 6) is 0.926. The molecule has 3 heterocycles. The van der Waals surface area contributed by atoms with Crippen molar-refractivity contribution in [3.63, 3.8) is 0 Å². The molecule has 5 rings (SSSR count). The van der Waals surface area contributed by atoms with Crippen molar-refractivity contribution >= 4 is 23.6 Å². The Morgan fingerprint density at radius 1 is 1.02 bits per heavy atom. The normalized spacial score (nSPS) is 16.0. The average molecular weight is 651 g/mol. The monoisotopic (exact) mass is 650 g/mol. The van der Waals surface area contributed by atoms with Gasteiger partial charge in [0.05, 0.1) is 14.2 Å². The van der Waals surface area contributed by atoms with Crippen LogP contribution in [0.4, 0.5) is 16.4 Å². The number of benzene rings is 1. The van der Waals surface area contributed by atoms with Crippen LogP contribution in [0.2, 0.25) is 0 Å². The van der Waals surface area contributed by atoms with E-state index < -0.39 is 11.5 Å². The number of anilines is 2. The van der Waals surface area contributed by atoms with Gasteiger partial charge in [-0.1, -0.05) is 19.9 Å². The lowest BCUT2D eigenvalue weighted by atomic mass is 9.86. The van der Waals surface area contributed by atoms with Crippen LogP contribution in [-0.4, -0.2) is 90.9 Å². The molecule has 0 spiro atoms. The Morgan fingerprint density at radius 3 is 2.34 bits per heavy atom. The van der Waals surface area contributed by atoms with Crippen molar-refractivity contribution in [3.8, 4) is 23.5 Å². The zero-order valence-corrected chi connectivity index (χ0v) is 28.6. The fourth-order valence-electron chi connectivity index (χ4n) is 5.77. The number of amides is 2. The van der Waals surface area contributed by atoms with E-state index >= 15 is 0 Å². The van der Waals surface area contributed by atoms with Crippen molar-refractivity contribution in [2.45, 2.75) is 65.4 Å². The molecular formula is C34H46N6O7. The zero-order valence-electron chi connectivity index (χ0n) is 28.6. The Hall–Kier alpha value is -4.52. The van der Waals surface area contributed by atoms with E-state index in [1.807, 2.05) is 27.7 Å². The van der Waals surface area contributed by atoms with Crippen molar-refractivity contribution in [2.24, 2.45) is 0 Å². The molecule has 2 aromatic heterocycles. The van der Waals surface area contributed by atoms with Gasteiger partial charge in [0.15, 0.2) is 11.4 Å². The third-order valence-electron chi connectivity index (χ3n) is 8.37. The summed E-state index contributed by atoms with van der Waals surface area (Å²) in [6.07, 6.45) is 1.86. The van der Waals surface area contributed by atoms with Gasteiger partial charge in [-0.05, 0) is 74.8 Å². The van der Waals surface area contributed by atoms with E-state index in [0.29, 0.717) is 31.9 Å². The Balaban J connectivity index is 1.17. The van der Waals surface area contributed by atoms with Gasteiger partial charge < -0.3 is 38.9 Å². The number of carbonyl (C=O) groups excluding carboxylic acids is 2. The fourth-order valence-corrected chi connectivity index (χ4v) is 5.77. The second-order valence-electron chi connectivity index (χ2n) is 13.5. The minimum atomic E-state index is -0.543. The molecule has 2 aliphatic rings. The number of furan rings is 1. The molecule has 2 N–H and O–H groups in total. The molecule has 1 saturated heterocycles. The lowest BCUT2D eigenvalue weighted by Crippen LogP contribution is -2.50. The van der Waals surface area contributed by atoms with Gasteiger partial charge in [0.25, 0.3) is 11.9 Å². The molecule has 13 heteroatoms. The standard InChI is InChI=1S/C34H46N6O7/c1-21-19-22-11-12-34(5,6)23(22)20-25(21)46-26-10-9-24(45-26)28(41)36-27-29(43-7)37-31(38-30(27)44-8)35-13-14-39-15-17-40(18-16-39)32(42)47-33(2,3)4/h9-10,19-20H,11-18H2,1-8H3,(H,36,41)(H,35,37,38). The highest BCUT2D eigenvalue weighted by Gasteiger charge is 2.31. The van der Waals surface area contributed by atoms with Crippen LogP contribution < -0.4 is 24.8 Å². The number of fused-ring (bicyclic) bond motifs is 1. The number of hydrogen-bond acceptors (Lipinski definition) is 11. The molecular weight excluding hydrogens is 604 g/mol. The summed E-state index contributed by atoms with van der Waals surface area (Å²) in [5, 5.41) is 5.94. The van der Waals surface area contributed by atoms with E-state index in [2.05, 4.69) is 51.5 Å². The van der Waals surface area contributed by atoms with Crippen molar-refractivity contribution in [3.05, 3.63) is 46.7 Å². The molecule has 47 heavy (non-hydrogen) atoms. The van der Waals surface area contributed by atoms with Crippen LogP contribution in [0.25, 0.3) is 0 Å². The minimum Gasteiger partial charge on any atom is -0.479 e. The Kier molecular flexibility index (Phi) is 9.85. The summed E-state index contributed by atoms with van der Waals surface area (Å²) < 4.78 is 28.3. The first kappa shape index (κ1) is 33.8. The maximum absolute atomic E-state index is 13.2. The number of nitrogens with one attached hydrogen (secondary N) is 2. The minimum absolute atomic E-state index is 0.0391. The molecule has 1 aliphatic heterocycles. The van der Waals surface area contributed by atoms with E-state index in [9.17, 15) is 9.59 Å². The van der Waals surface area contributed by atoms with Gasteiger partial charge in [0.2, 0.25) is 17.7 Å². The molecule has 0 atom stereocenters. The summed E-state index contributed by atoms with van der Waals surface area (Å²) in [6, 6.07) is 7.40. The van der Waals surface area contributed by atoms with E-state index in [1.165, 1.54) is 25.3 Å². The first-order valence-corrected chi connectivity index (χ1v) is 15.9. The fraction of sp³-hybridized carbons (Fsp3) is 0.529. The first-order valence-electron chi connectivity index (χ1n) is 15.9. The Bertz CT molecular complexity index is 1580. The quantitative estimate of drug-likeness (QED) is 0.282. The molecule has 0 bridgehead atoms. The molecule has 2 amide bonds. The predicted octanol–water partition coefficient (Wildman–Crippen LogP) is 5.63. The van der Waals surface area contributed by atoms with E-state index in [0.717, 1.165) is 31.5 Å². The van der Waals surface area contributed by atoms with Crippen LogP contribution in [0, 0.1) is 6.92 Å². The molecule has 13 nitrogen and oxygen atoms in total.